The smallest absolute Gasteiger partial charge is 0.360 e. The van der Waals surface area contributed by atoms with E-state index in [-0.39, 0.29) is 29.3 Å². The van der Waals surface area contributed by atoms with Crippen molar-refractivity contribution < 1.29 is 19.0 Å². The fourth-order valence-corrected chi connectivity index (χ4v) is 5.80. The molecule has 32 heavy (non-hydrogen) atoms. The Balaban J connectivity index is 1.56. The second-order valence-electron chi connectivity index (χ2n) is 9.01. The highest BCUT2D eigenvalue weighted by molar-refractivity contribution is 9.10. The van der Waals surface area contributed by atoms with Gasteiger partial charge < -0.3 is 14.2 Å². The summed E-state index contributed by atoms with van der Waals surface area (Å²) in [5.41, 5.74) is 2.51. The Morgan fingerprint density at radius 2 is 2.03 bits per heavy atom. The summed E-state index contributed by atoms with van der Waals surface area (Å²) in [5.74, 6) is 1.17. The molecular formula is C25H31BrN2O4. The lowest BCUT2D eigenvalue weighted by molar-refractivity contribution is -0.166. The number of halogens is 1. The number of aromatic nitrogens is 2. The number of nitrogens with zero attached hydrogens (tertiary/aromatic N) is 2. The Labute approximate surface area is 198 Å². The van der Waals surface area contributed by atoms with Gasteiger partial charge >= 0.3 is 5.97 Å². The van der Waals surface area contributed by atoms with Crippen LogP contribution in [0.5, 0.6) is 5.75 Å². The molecule has 1 aromatic carbocycles. The largest absolute Gasteiger partial charge is 0.497 e. The number of aryl methyl sites for hydroxylation is 1. The van der Waals surface area contributed by atoms with E-state index in [1.165, 1.54) is 5.57 Å². The summed E-state index contributed by atoms with van der Waals surface area (Å²) >= 11 is 3.42. The van der Waals surface area contributed by atoms with Gasteiger partial charge in [-0.25, -0.2) is 4.79 Å². The topological polar surface area (TPSA) is 62.6 Å². The van der Waals surface area contributed by atoms with E-state index >= 15 is 0 Å². The van der Waals surface area contributed by atoms with E-state index in [2.05, 4.69) is 60.0 Å². The number of esters is 1. The number of fused-ring (bicyclic) bond motifs is 2. The number of benzene rings is 1. The number of hydrogen-bond donors (Lipinski definition) is 0. The Kier molecular flexibility index (Phi) is 6.50. The first-order valence-corrected chi connectivity index (χ1v) is 11.9. The normalized spacial score (nSPS) is 29.4. The molecule has 172 valence electrons. The number of carbonyl (C=O) groups is 1. The first-order valence-electron chi connectivity index (χ1n) is 11.1. The molecule has 2 bridgehead atoms. The second kappa shape index (κ2) is 9.02. The van der Waals surface area contributed by atoms with Gasteiger partial charge in [-0.05, 0) is 59.3 Å². The van der Waals surface area contributed by atoms with Crippen molar-refractivity contribution >= 4 is 21.9 Å². The highest BCUT2D eigenvalue weighted by atomic mass is 79.9. The van der Waals surface area contributed by atoms with Crippen molar-refractivity contribution in [2.24, 2.45) is 23.2 Å². The van der Waals surface area contributed by atoms with Crippen LogP contribution in [0.3, 0.4) is 0 Å². The predicted molar refractivity (Wildman–Crippen MR) is 126 cm³/mol. The van der Waals surface area contributed by atoms with Crippen molar-refractivity contribution in [3.63, 3.8) is 0 Å². The highest BCUT2D eigenvalue weighted by Gasteiger charge is 2.54. The zero-order valence-electron chi connectivity index (χ0n) is 19.3. The van der Waals surface area contributed by atoms with E-state index in [0.717, 1.165) is 11.3 Å². The monoisotopic (exact) mass is 502 g/mol. The summed E-state index contributed by atoms with van der Waals surface area (Å²) in [7, 11) is 1.67. The van der Waals surface area contributed by atoms with Crippen molar-refractivity contribution in [1.82, 2.24) is 9.78 Å². The Hall–Kier alpha value is -2.12. The molecule has 2 heterocycles. The maximum Gasteiger partial charge on any atom is 0.360 e. The van der Waals surface area contributed by atoms with E-state index in [9.17, 15) is 4.79 Å². The van der Waals surface area contributed by atoms with Crippen molar-refractivity contribution in [1.29, 1.82) is 0 Å². The molecule has 2 aliphatic rings. The van der Waals surface area contributed by atoms with Crippen LogP contribution in [0, 0.1) is 23.2 Å². The predicted octanol–water partition coefficient (Wildman–Crippen LogP) is 5.44. The van der Waals surface area contributed by atoms with Gasteiger partial charge in [-0.2, -0.15) is 5.10 Å². The molecule has 0 N–H and O–H groups in total. The average Bonchev–Trinajstić information content (AvgIpc) is 3.17. The summed E-state index contributed by atoms with van der Waals surface area (Å²) < 4.78 is 20.0. The molecule has 0 radical (unpaired) electrons. The Morgan fingerprint density at radius 3 is 2.66 bits per heavy atom. The molecule has 5 atom stereocenters. The fraction of sp³-hybridized carbons (Fsp3) is 0.520. The maximum absolute atomic E-state index is 12.8. The van der Waals surface area contributed by atoms with E-state index < -0.39 is 5.97 Å². The molecule has 1 aliphatic heterocycles. The summed E-state index contributed by atoms with van der Waals surface area (Å²) in [4.78, 5) is 12.8. The van der Waals surface area contributed by atoms with Gasteiger partial charge in [-0.15, -0.1) is 0 Å². The third kappa shape index (κ3) is 3.90. The first-order chi connectivity index (χ1) is 15.3. The van der Waals surface area contributed by atoms with Gasteiger partial charge in [0.15, 0.2) is 5.69 Å². The van der Waals surface area contributed by atoms with Gasteiger partial charge in [0.1, 0.15) is 12.4 Å². The van der Waals surface area contributed by atoms with Crippen molar-refractivity contribution in [2.45, 2.75) is 40.3 Å². The molecular weight excluding hydrogens is 472 g/mol. The number of methoxy groups -OCH3 is 1. The lowest BCUT2D eigenvalue weighted by Crippen LogP contribution is -2.54. The molecule has 2 aromatic rings. The minimum atomic E-state index is -0.405. The third-order valence-electron chi connectivity index (χ3n) is 7.40. The zero-order valence-corrected chi connectivity index (χ0v) is 20.9. The SMILES string of the molecule is CCn1cc(Br)c(C(=O)OC[C@@]23CO[C@H](c4ccc(OC)cc4)[C@@H](C(C)=C[C@H]2C)[C@H]3C)n1. The standard InChI is InChI=1S/C25H31BrN2O4/c1-6-28-12-20(26)22(27-28)24(29)32-14-25-13-31-23(18-7-9-19(30-5)10-8-18)21(17(25)4)15(2)11-16(25)3/h7-12,16-17,21,23H,6,13-14H2,1-5H3/t16-,17-,21+,23-,25+/m1/s1. The number of rotatable bonds is 6. The average molecular weight is 503 g/mol. The van der Waals surface area contributed by atoms with Crippen molar-refractivity contribution in [3.05, 3.63) is 57.8 Å². The minimum Gasteiger partial charge on any atom is -0.497 e. The molecule has 0 amide bonds. The van der Waals surface area contributed by atoms with E-state index in [4.69, 9.17) is 14.2 Å². The Bertz CT molecular complexity index is 1020. The van der Waals surface area contributed by atoms with Crippen LogP contribution in [0.1, 0.15) is 49.9 Å². The second-order valence-corrected chi connectivity index (χ2v) is 9.86. The highest BCUT2D eigenvalue weighted by Crippen LogP contribution is 2.56. The number of hydrogen-bond acceptors (Lipinski definition) is 5. The van der Waals surface area contributed by atoms with Crippen LogP contribution in [0.25, 0.3) is 0 Å². The summed E-state index contributed by atoms with van der Waals surface area (Å²) in [6, 6.07) is 8.11. The summed E-state index contributed by atoms with van der Waals surface area (Å²) in [5, 5.41) is 4.33. The lowest BCUT2D eigenvalue weighted by Gasteiger charge is -2.55. The molecule has 0 spiro atoms. The molecule has 1 aliphatic carbocycles. The number of ether oxygens (including phenoxy) is 3. The molecule has 0 unspecified atom stereocenters. The van der Waals surface area contributed by atoms with Crippen LogP contribution >= 0.6 is 15.9 Å². The van der Waals surface area contributed by atoms with Crippen LogP contribution in [0.15, 0.2) is 46.6 Å². The molecule has 1 fully saturated rings. The van der Waals surface area contributed by atoms with Crippen molar-refractivity contribution in [3.8, 4) is 5.75 Å². The number of carbonyl (C=O) groups excluding carboxylic acids is 1. The molecule has 7 heteroatoms. The Morgan fingerprint density at radius 1 is 1.31 bits per heavy atom. The quantitative estimate of drug-likeness (QED) is 0.388. The van der Waals surface area contributed by atoms with Gasteiger partial charge in [-0.1, -0.05) is 37.6 Å². The van der Waals surface area contributed by atoms with Crippen LogP contribution in [0.2, 0.25) is 0 Å². The number of allylic oxidation sites excluding steroid dienone is 1. The minimum absolute atomic E-state index is 0.0297. The van der Waals surface area contributed by atoms with Crippen LogP contribution in [-0.2, 0) is 16.0 Å². The molecule has 4 rings (SSSR count). The molecule has 6 nitrogen and oxygen atoms in total. The van der Waals surface area contributed by atoms with Crippen LogP contribution in [0.4, 0.5) is 0 Å². The fourth-order valence-electron chi connectivity index (χ4n) is 5.32. The van der Waals surface area contributed by atoms with Gasteiger partial charge in [0, 0.05) is 24.1 Å². The van der Waals surface area contributed by atoms with Crippen molar-refractivity contribution in [2.75, 3.05) is 20.3 Å². The van der Waals surface area contributed by atoms with E-state index in [1.807, 2.05) is 19.1 Å². The van der Waals surface area contributed by atoms with Gasteiger partial charge in [0.2, 0.25) is 0 Å². The van der Waals surface area contributed by atoms with E-state index in [0.29, 0.717) is 29.9 Å². The summed E-state index contributed by atoms with van der Waals surface area (Å²) in [6.07, 6.45) is 4.10. The molecule has 1 aromatic heterocycles. The maximum atomic E-state index is 12.8. The molecule has 0 saturated carbocycles. The van der Waals surface area contributed by atoms with Gasteiger partial charge in [0.05, 0.1) is 24.3 Å². The van der Waals surface area contributed by atoms with Crippen LogP contribution in [-0.4, -0.2) is 36.1 Å². The lowest BCUT2D eigenvalue weighted by atomic mass is 9.56. The third-order valence-corrected chi connectivity index (χ3v) is 7.98. The van der Waals surface area contributed by atoms with E-state index in [1.54, 1.807) is 18.0 Å². The van der Waals surface area contributed by atoms with Crippen LogP contribution < -0.4 is 4.74 Å². The molecule has 1 saturated heterocycles. The zero-order chi connectivity index (χ0) is 23.0. The first kappa shape index (κ1) is 23.1. The summed E-state index contributed by atoms with van der Waals surface area (Å²) in [6.45, 7) is 10.2. The van der Waals surface area contributed by atoms with Gasteiger partial charge in [0.25, 0.3) is 0 Å². The van der Waals surface area contributed by atoms with Gasteiger partial charge in [-0.3, -0.25) is 4.68 Å².